The largest absolute Gasteiger partial charge is 0.354 e. The third kappa shape index (κ3) is 3.75. The van der Waals surface area contributed by atoms with E-state index in [1.54, 1.807) is 0 Å². The lowest BCUT2D eigenvalue weighted by molar-refractivity contribution is -0.121. The van der Waals surface area contributed by atoms with Gasteiger partial charge in [-0.05, 0) is 24.7 Å². The van der Waals surface area contributed by atoms with Gasteiger partial charge in [-0.3, -0.25) is 4.79 Å². The summed E-state index contributed by atoms with van der Waals surface area (Å²) in [5.41, 5.74) is 2.05. The Balaban J connectivity index is 2.24. The van der Waals surface area contributed by atoms with Gasteiger partial charge in [-0.15, -0.1) is 0 Å². The van der Waals surface area contributed by atoms with Crippen LogP contribution in [0.2, 0.25) is 5.02 Å². The van der Waals surface area contributed by atoms with E-state index in [0.29, 0.717) is 18.0 Å². The van der Waals surface area contributed by atoms with Gasteiger partial charge in [0, 0.05) is 29.7 Å². The van der Waals surface area contributed by atoms with Crippen LogP contribution in [0.5, 0.6) is 0 Å². The Labute approximate surface area is 128 Å². The van der Waals surface area contributed by atoms with Gasteiger partial charge in [-0.1, -0.05) is 17.7 Å². The van der Waals surface area contributed by atoms with Gasteiger partial charge in [0.05, 0.1) is 18.0 Å². The molecule has 1 aromatic heterocycles. The highest BCUT2D eigenvalue weighted by Crippen LogP contribution is 2.24. The predicted octanol–water partition coefficient (Wildman–Crippen LogP) is 2.04. The summed E-state index contributed by atoms with van der Waals surface area (Å²) >= 11 is 6.05. The van der Waals surface area contributed by atoms with Crippen LogP contribution in [0.4, 0.5) is 0 Å². The minimum absolute atomic E-state index is 0.113. The number of fused-ring (bicyclic) bond motifs is 1. The van der Waals surface area contributed by atoms with Crippen LogP contribution < -0.4 is 10.6 Å². The topological polar surface area (TPSA) is 69.8 Å². The van der Waals surface area contributed by atoms with Gasteiger partial charge >= 0.3 is 0 Å². The van der Waals surface area contributed by atoms with Crippen LogP contribution >= 0.6 is 11.6 Å². The first kappa shape index (κ1) is 15.4. The summed E-state index contributed by atoms with van der Waals surface area (Å²) in [4.78, 5) is 11.9. The van der Waals surface area contributed by atoms with Gasteiger partial charge in [-0.25, -0.2) is 0 Å². The number of nitrogens with one attached hydrogen (secondary N) is 2. The zero-order valence-corrected chi connectivity index (χ0v) is 12.6. The summed E-state index contributed by atoms with van der Waals surface area (Å²) in [6.07, 6.45) is 2.27. The van der Waals surface area contributed by atoms with E-state index in [1.807, 2.05) is 42.1 Å². The standard InChI is InChI=1S/C15H17ClN4O/c1-18-8-11-9-20(10-15(21)19-6-2-5-17)14-7-12(16)3-4-13(11)14/h3-4,7,9,18H,2,6,8,10H2,1H3,(H,19,21). The third-order valence-corrected chi connectivity index (χ3v) is 3.40. The molecule has 0 aliphatic rings. The zero-order valence-electron chi connectivity index (χ0n) is 11.8. The van der Waals surface area contributed by atoms with Gasteiger partial charge in [-0.2, -0.15) is 5.26 Å². The maximum absolute atomic E-state index is 11.9. The number of benzene rings is 1. The Bertz CT molecular complexity index is 687. The van der Waals surface area contributed by atoms with Gasteiger partial charge in [0.25, 0.3) is 0 Å². The van der Waals surface area contributed by atoms with Crippen molar-refractivity contribution in [2.75, 3.05) is 13.6 Å². The van der Waals surface area contributed by atoms with E-state index < -0.39 is 0 Å². The molecule has 2 N–H and O–H groups in total. The first-order valence-electron chi connectivity index (χ1n) is 6.71. The van der Waals surface area contributed by atoms with Gasteiger partial charge in [0.2, 0.25) is 5.91 Å². The highest BCUT2D eigenvalue weighted by Gasteiger charge is 2.11. The average molecular weight is 305 g/mol. The monoisotopic (exact) mass is 304 g/mol. The molecule has 0 atom stereocenters. The zero-order chi connectivity index (χ0) is 15.2. The number of rotatable bonds is 6. The first-order chi connectivity index (χ1) is 10.2. The van der Waals surface area contributed by atoms with Crippen molar-refractivity contribution in [2.24, 2.45) is 0 Å². The fraction of sp³-hybridized carbons (Fsp3) is 0.333. The molecule has 2 aromatic rings. The molecule has 5 nitrogen and oxygen atoms in total. The first-order valence-corrected chi connectivity index (χ1v) is 7.09. The summed E-state index contributed by atoms with van der Waals surface area (Å²) in [5.74, 6) is -0.113. The summed E-state index contributed by atoms with van der Waals surface area (Å²) in [6.45, 7) is 1.31. The lowest BCUT2D eigenvalue weighted by atomic mass is 10.2. The molecule has 0 aliphatic carbocycles. The molecule has 110 valence electrons. The fourth-order valence-electron chi connectivity index (χ4n) is 2.27. The molecule has 1 heterocycles. The summed E-state index contributed by atoms with van der Waals surface area (Å²) in [5, 5.41) is 16.0. The number of amides is 1. The van der Waals surface area contributed by atoms with E-state index in [-0.39, 0.29) is 12.5 Å². The molecule has 21 heavy (non-hydrogen) atoms. The highest BCUT2D eigenvalue weighted by molar-refractivity contribution is 6.31. The van der Waals surface area contributed by atoms with Crippen LogP contribution in [0.3, 0.4) is 0 Å². The molecule has 0 saturated heterocycles. The number of carbonyl (C=O) groups is 1. The molecule has 2 rings (SSSR count). The molecule has 0 fully saturated rings. The number of halogens is 1. The molecule has 1 aromatic carbocycles. The van der Waals surface area contributed by atoms with Crippen molar-refractivity contribution in [3.8, 4) is 6.07 Å². The van der Waals surface area contributed by atoms with E-state index >= 15 is 0 Å². The van der Waals surface area contributed by atoms with Crippen molar-refractivity contribution in [3.63, 3.8) is 0 Å². The number of nitrogens with zero attached hydrogens (tertiary/aromatic N) is 2. The van der Waals surface area contributed by atoms with E-state index in [0.717, 1.165) is 23.0 Å². The van der Waals surface area contributed by atoms with Gasteiger partial charge < -0.3 is 15.2 Å². The fourth-order valence-corrected chi connectivity index (χ4v) is 2.44. The summed E-state index contributed by atoms with van der Waals surface area (Å²) in [7, 11) is 1.88. The van der Waals surface area contributed by atoms with E-state index in [9.17, 15) is 4.79 Å². The Morgan fingerprint density at radius 1 is 1.48 bits per heavy atom. The highest BCUT2D eigenvalue weighted by atomic mass is 35.5. The molecular weight excluding hydrogens is 288 g/mol. The van der Waals surface area contributed by atoms with Crippen LogP contribution in [-0.4, -0.2) is 24.1 Å². The molecule has 0 spiro atoms. The normalized spacial score (nSPS) is 10.5. The van der Waals surface area contributed by atoms with Crippen LogP contribution in [0.25, 0.3) is 10.9 Å². The Morgan fingerprint density at radius 2 is 2.29 bits per heavy atom. The molecular formula is C15H17ClN4O. The van der Waals surface area contributed by atoms with Crippen LogP contribution in [0, 0.1) is 11.3 Å². The van der Waals surface area contributed by atoms with Crippen LogP contribution in [0.1, 0.15) is 12.0 Å². The van der Waals surface area contributed by atoms with Gasteiger partial charge in [0.15, 0.2) is 0 Å². The lowest BCUT2D eigenvalue weighted by Gasteiger charge is -2.06. The van der Waals surface area contributed by atoms with Crippen LogP contribution in [-0.2, 0) is 17.9 Å². The van der Waals surface area contributed by atoms with Crippen molar-refractivity contribution in [3.05, 3.63) is 35.0 Å². The van der Waals surface area contributed by atoms with Crippen molar-refractivity contribution >= 4 is 28.4 Å². The number of aromatic nitrogens is 1. The smallest absolute Gasteiger partial charge is 0.239 e. The van der Waals surface area contributed by atoms with E-state index in [1.165, 1.54) is 0 Å². The number of hydrogen-bond acceptors (Lipinski definition) is 3. The van der Waals surface area contributed by atoms with Gasteiger partial charge in [0.1, 0.15) is 6.54 Å². The Morgan fingerprint density at radius 3 is 3.00 bits per heavy atom. The average Bonchev–Trinajstić information content (AvgIpc) is 2.77. The predicted molar refractivity (Wildman–Crippen MR) is 83.0 cm³/mol. The third-order valence-electron chi connectivity index (χ3n) is 3.17. The SMILES string of the molecule is CNCc1cn(CC(=O)NCCC#N)c2cc(Cl)ccc12. The van der Waals surface area contributed by atoms with Crippen molar-refractivity contribution in [2.45, 2.75) is 19.5 Å². The molecule has 0 aliphatic heterocycles. The Kier molecular flexibility index (Phi) is 5.20. The molecule has 0 radical (unpaired) electrons. The molecule has 6 heteroatoms. The van der Waals surface area contributed by atoms with Crippen molar-refractivity contribution in [1.29, 1.82) is 5.26 Å². The molecule has 0 unspecified atom stereocenters. The van der Waals surface area contributed by atoms with E-state index in [2.05, 4.69) is 10.6 Å². The second kappa shape index (κ2) is 7.11. The summed E-state index contributed by atoms with van der Waals surface area (Å²) < 4.78 is 1.88. The number of hydrogen-bond donors (Lipinski definition) is 2. The lowest BCUT2D eigenvalue weighted by Crippen LogP contribution is -2.28. The molecule has 0 bridgehead atoms. The van der Waals surface area contributed by atoms with E-state index in [4.69, 9.17) is 16.9 Å². The second-order valence-corrected chi connectivity index (χ2v) is 5.17. The second-order valence-electron chi connectivity index (χ2n) is 4.73. The minimum Gasteiger partial charge on any atom is -0.354 e. The van der Waals surface area contributed by atoms with Crippen molar-refractivity contribution < 1.29 is 4.79 Å². The molecule has 1 amide bonds. The number of nitriles is 1. The summed E-state index contributed by atoms with van der Waals surface area (Å²) in [6, 6.07) is 7.67. The maximum Gasteiger partial charge on any atom is 0.239 e. The van der Waals surface area contributed by atoms with Crippen molar-refractivity contribution in [1.82, 2.24) is 15.2 Å². The van der Waals surface area contributed by atoms with Crippen LogP contribution in [0.15, 0.2) is 24.4 Å². The minimum atomic E-state index is -0.113. The number of carbonyl (C=O) groups excluding carboxylic acids is 1. The maximum atomic E-state index is 11.9. The quantitative estimate of drug-likeness (QED) is 0.802. The molecule has 0 saturated carbocycles. The Hall–Kier alpha value is -2.03.